The van der Waals surface area contributed by atoms with Crippen molar-refractivity contribution in [1.82, 2.24) is 29.5 Å². The van der Waals surface area contributed by atoms with Crippen LogP contribution in [0.1, 0.15) is 92.5 Å². The fraction of sp³-hybridized carbons (Fsp3) is 0.463. The molecule has 0 bridgehead atoms. The molecular weight excluding hydrogens is 741 g/mol. The lowest BCUT2D eigenvalue weighted by Crippen LogP contribution is -2.48. The third-order valence-corrected chi connectivity index (χ3v) is 11.2. The van der Waals surface area contributed by atoms with Gasteiger partial charge in [-0.25, -0.2) is 9.97 Å². The van der Waals surface area contributed by atoms with Crippen LogP contribution in [-0.4, -0.2) is 92.7 Å². The van der Waals surface area contributed by atoms with Crippen LogP contribution in [0.2, 0.25) is 0 Å². The Bertz CT molecular complexity index is 2140. The summed E-state index contributed by atoms with van der Waals surface area (Å²) in [5.41, 5.74) is 2.16. The molecule has 3 aromatic heterocycles. The standard InChI is InChI=1S/C41H47F3N8O5/c1-25(2)57-31-21-35-47-33(23-52(35)22-29(31)38(55)48-34-6-4-5-32(46-34)41(42,43)44)40(3)15-19-50(20-16-40)24-37(54)51-17-13-27(14-18-51)26-7-9-28(10-8-26)45-30-11-12-36(53)49-39(30)56/h4-10,21-23,25,27,30,45H,11-20,24H2,1-3H3,(H,46,48,55)(H,49,53,56). The van der Waals surface area contributed by atoms with Gasteiger partial charge >= 0.3 is 6.18 Å². The van der Waals surface area contributed by atoms with Gasteiger partial charge in [0.1, 0.15) is 29.0 Å². The SMILES string of the molecule is CC(C)Oc1cc2nc(C3(C)CCN(CC(=O)N4CCC(c5ccc(NC6CCC(=O)NC6=O)cc5)CC4)CC3)cn2cc1C(=O)Nc1cccc(C(F)(F)F)n1. The van der Waals surface area contributed by atoms with Gasteiger partial charge in [-0.1, -0.05) is 25.1 Å². The van der Waals surface area contributed by atoms with Gasteiger partial charge in [-0.15, -0.1) is 0 Å². The molecule has 302 valence electrons. The van der Waals surface area contributed by atoms with Crippen molar-refractivity contribution >= 4 is 40.8 Å². The molecule has 1 aromatic carbocycles. The summed E-state index contributed by atoms with van der Waals surface area (Å²) < 4.78 is 47.4. The molecule has 3 N–H and O–H groups in total. The van der Waals surface area contributed by atoms with Gasteiger partial charge in [0.2, 0.25) is 17.7 Å². The second-order valence-corrected chi connectivity index (χ2v) is 15.7. The van der Waals surface area contributed by atoms with E-state index in [9.17, 15) is 32.3 Å². The van der Waals surface area contributed by atoms with Crippen LogP contribution >= 0.6 is 0 Å². The first kappa shape index (κ1) is 39.7. The van der Waals surface area contributed by atoms with Gasteiger partial charge in [0.15, 0.2) is 0 Å². The molecule has 13 nitrogen and oxygen atoms in total. The summed E-state index contributed by atoms with van der Waals surface area (Å²) in [6, 6.07) is 12.6. The second kappa shape index (κ2) is 16.2. The molecular formula is C41H47F3N8O5. The van der Waals surface area contributed by atoms with E-state index in [4.69, 9.17) is 9.72 Å². The number of benzene rings is 1. The Labute approximate surface area is 328 Å². The normalized spacial score (nSPS) is 19.4. The largest absolute Gasteiger partial charge is 0.490 e. The molecule has 1 atom stereocenters. The summed E-state index contributed by atoms with van der Waals surface area (Å²) in [5, 5.41) is 8.06. The average molecular weight is 789 g/mol. The number of aromatic nitrogens is 3. The van der Waals surface area contributed by atoms with E-state index in [-0.39, 0.29) is 46.4 Å². The predicted octanol–water partition coefficient (Wildman–Crippen LogP) is 5.76. The number of halogens is 3. The molecule has 1 unspecified atom stereocenters. The second-order valence-electron chi connectivity index (χ2n) is 15.7. The number of piperidine rings is 3. The number of amides is 4. The van der Waals surface area contributed by atoms with Gasteiger partial charge in [-0.3, -0.25) is 29.4 Å². The highest BCUT2D eigenvalue weighted by atomic mass is 19.4. The van der Waals surface area contributed by atoms with E-state index in [0.717, 1.165) is 43.1 Å². The minimum atomic E-state index is -4.66. The highest BCUT2D eigenvalue weighted by molar-refractivity contribution is 6.06. The van der Waals surface area contributed by atoms with Crippen molar-refractivity contribution in [3.05, 3.63) is 83.4 Å². The number of rotatable bonds is 10. The Morgan fingerprint density at radius 1 is 0.982 bits per heavy atom. The maximum Gasteiger partial charge on any atom is 0.433 e. The Kier molecular flexibility index (Phi) is 11.3. The lowest BCUT2D eigenvalue weighted by atomic mass is 9.78. The Morgan fingerprint density at radius 2 is 1.70 bits per heavy atom. The van der Waals surface area contributed by atoms with Crippen LogP contribution in [-0.2, 0) is 26.0 Å². The molecule has 4 aromatic rings. The van der Waals surface area contributed by atoms with Crippen molar-refractivity contribution in [3.8, 4) is 5.75 Å². The molecule has 0 aliphatic carbocycles. The van der Waals surface area contributed by atoms with Crippen LogP contribution in [0.15, 0.2) is 60.9 Å². The summed E-state index contributed by atoms with van der Waals surface area (Å²) in [6.07, 6.45) is 2.57. The summed E-state index contributed by atoms with van der Waals surface area (Å²) in [7, 11) is 0. The first-order valence-corrected chi connectivity index (χ1v) is 19.4. The lowest BCUT2D eigenvalue weighted by molar-refractivity contribution is -0.141. The smallest absolute Gasteiger partial charge is 0.433 e. The van der Waals surface area contributed by atoms with Crippen molar-refractivity contribution < 1.29 is 37.1 Å². The van der Waals surface area contributed by atoms with E-state index in [1.54, 1.807) is 16.7 Å². The van der Waals surface area contributed by atoms with Crippen LogP contribution in [0, 0.1) is 0 Å². The zero-order valence-electron chi connectivity index (χ0n) is 32.2. The Balaban J connectivity index is 0.928. The summed E-state index contributed by atoms with van der Waals surface area (Å²) >= 11 is 0. The average Bonchev–Trinajstić information content (AvgIpc) is 3.60. The Hall–Kier alpha value is -5.51. The van der Waals surface area contributed by atoms with Gasteiger partial charge in [-0.2, -0.15) is 13.2 Å². The topological polar surface area (TPSA) is 150 Å². The number of anilines is 2. The van der Waals surface area contributed by atoms with Crippen LogP contribution in [0.4, 0.5) is 24.7 Å². The van der Waals surface area contributed by atoms with Crippen molar-refractivity contribution in [2.75, 3.05) is 43.4 Å². The molecule has 3 fully saturated rings. The quantitative estimate of drug-likeness (QED) is 0.171. The van der Waals surface area contributed by atoms with E-state index in [0.29, 0.717) is 57.1 Å². The van der Waals surface area contributed by atoms with E-state index in [2.05, 4.69) is 44.9 Å². The van der Waals surface area contributed by atoms with Crippen molar-refractivity contribution in [1.29, 1.82) is 0 Å². The number of alkyl halides is 3. The molecule has 0 spiro atoms. The number of nitrogens with zero attached hydrogens (tertiary/aromatic N) is 5. The van der Waals surface area contributed by atoms with Gasteiger partial charge in [-0.05, 0) is 94.8 Å². The molecule has 16 heteroatoms. The summed E-state index contributed by atoms with van der Waals surface area (Å²) in [5.74, 6) is -0.731. The zero-order valence-corrected chi connectivity index (χ0v) is 32.2. The van der Waals surface area contributed by atoms with E-state index in [1.165, 1.54) is 17.7 Å². The van der Waals surface area contributed by atoms with E-state index < -0.39 is 23.8 Å². The number of likely N-dealkylation sites (tertiary alicyclic amines) is 2. The minimum absolute atomic E-state index is 0.123. The number of hydrogen-bond acceptors (Lipinski definition) is 9. The van der Waals surface area contributed by atoms with Crippen LogP contribution < -0.4 is 20.7 Å². The number of imide groups is 1. The van der Waals surface area contributed by atoms with Gasteiger partial charge in [0.25, 0.3) is 5.91 Å². The monoisotopic (exact) mass is 788 g/mol. The molecule has 57 heavy (non-hydrogen) atoms. The van der Waals surface area contributed by atoms with Crippen molar-refractivity contribution in [2.45, 2.75) is 89.0 Å². The van der Waals surface area contributed by atoms with E-state index in [1.807, 2.05) is 37.1 Å². The first-order chi connectivity index (χ1) is 27.1. The lowest BCUT2D eigenvalue weighted by Gasteiger charge is -2.39. The third-order valence-electron chi connectivity index (χ3n) is 11.2. The number of carbonyl (C=O) groups is 4. The number of nitrogens with one attached hydrogen (secondary N) is 3. The maximum absolute atomic E-state index is 13.4. The molecule has 3 saturated heterocycles. The molecule has 6 heterocycles. The molecule has 3 aliphatic heterocycles. The fourth-order valence-corrected chi connectivity index (χ4v) is 7.77. The zero-order chi connectivity index (χ0) is 40.5. The Morgan fingerprint density at radius 3 is 2.37 bits per heavy atom. The summed E-state index contributed by atoms with van der Waals surface area (Å²) in [6.45, 7) is 8.92. The molecule has 4 amide bonds. The molecule has 3 aliphatic rings. The van der Waals surface area contributed by atoms with Crippen molar-refractivity contribution in [3.63, 3.8) is 0 Å². The number of imidazole rings is 1. The number of ether oxygens (including phenoxy) is 1. The van der Waals surface area contributed by atoms with E-state index >= 15 is 0 Å². The van der Waals surface area contributed by atoms with Crippen LogP contribution in [0.3, 0.4) is 0 Å². The minimum Gasteiger partial charge on any atom is -0.490 e. The number of hydrogen-bond donors (Lipinski definition) is 3. The van der Waals surface area contributed by atoms with Crippen molar-refractivity contribution in [2.24, 2.45) is 0 Å². The first-order valence-electron chi connectivity index (χ1n) is 19.4. The number of fused-ring (bicyclic) bond motifs is 1. The highest BCUT2D eigenvalue weighted by Crippen LogP contribution is 2.36. The third kappa shape index (κ3) is 9.22. The maximum atomic E-state index is 13.4. The number of carbonyl (C=O) groups excluding carboxylic acids is 4. The molecule has 7 rings (SSSR count). The van der Waals surface area contributed by atoms with Crippen LogP contribution in [0.5, 0.6) is 5.75 Å². The van der Waals surface area contributed by atoms with Gasteiger partial charge < -0.3 is 24.7 Å². The van der Waals surface area contributed by atoms with Gasteiger partial charge in [0.05, 0.1) is 23.9 Å². The molecule has 0 radical (unpaired) electrons. The van der Waals surface area contributed by atoms with Gasteiger partial charge in [0, 0.05) is 49.1 Å². The number of pyridine rings is 2. The highest BCUT2D eigenvalue weighted by Gasteiger charge is 2.36. The van der Waals surface area contributed by atoms with Crippen LogP contribution in [0.25, 0.3) is 5.65 Å². The molecule has 0 saturated carbocycles. The predicted molar refractivity (Wildman–Crippen MR) is 206 cm³/mol. The summed E-state index contributed by atoms with van der Waals surface area (Å²) in [4.78, 5) is 63.0. The fourth-order valence-electron chi connectivity index (χ4n) is 7.77.